The fourth-order valence-corrected chi connectivity index (χ4v) is 3.02. The van der Waals surface area contributed by atoms with Crippen molar-refractivity contribution in [1.29, 1.82) is 0 Å². The Morgan fingerprint density at radius 2 is 1.12 bits per heavy atom. The van der Waals surface area contributed by atoms with Gasteiger partial charge in [0.2, 0.25) is 0 Å². The highest BCUT2D eigenvalue weighted by molar-refractivity contribution is 14.1. The van der Waals surface area contributed by atoms with Gasteiger partial charge >= 0.3 is 0 Å². The molecule has 0 heterocycles. The van der Waals surface area contributed by atoms with Crippen molar-refractivity contribution >= 4 is 40.4 Å². The minimum atomic E-state index is 0.515. The lowest BCUT2D eigenvalue weighted by Crippen LogP contribution is -2.13. The van der Waals surface area contributed by atoms with Crippen molar-refractivity contribution in [2.45, 2.75) is 0 Å². The first kappa shape index (κ1) is 27.1. The van der Waals surface area contributed by atoms with Crippen LogP contribution in [0.4, 0.5) is 5.69 Å². The van der Waals surface area contributed by atoms with Gasteiger partial charge in [-0.25, -0.2) is 0 Å². The zero-order valence-electron chi connectivity index (χ0n) is 19.3. The molecule has 0 fully saturated rings. The molecule has 0 atom stereocenters. The van der Waals surface area contributed by atoms with E-state index in [1.807, 2.05) is 55.6 Å². The van der Waals surface area contributed by atoms with Crippen LogP contribution in [0.5, 0.6) is 5.75 Å². The van der Waals surface area contributed by atoms with E-state index < -0.39 is 0 Å². The van der Waals surface area contributed by atoms with Crippen molar-refractivity contribution < 1.29 is 18.9 Å². The van der Waals surface area contributed by atoms with Crippen LogP contribution in [0.25, 0.3) is 12.2 Å². The first-order valence-corrected chi connectivity index (χ1v) is 12.7. The molecule has 178 valence electrons. The molecule has 0 aromatic heterocycles. The van der Waals surface area contributed by atoms with E-state index in [0.717, 1.165) is 28.0 Å². The molecule has 6 heteroatoms. The molecule has 0 aliphatic carbocycles. The molecule has 1 N–H and O–H groups in total. The molecule has 0 spiro atoms. The Hall–Kier alpha value is -2.13. The second kappa shape index (κ2) is 18.3. The van der Waals surface area contributed by atoms with E-state index in [-0.39, 0.29) is 0 Å². The predicted octanol–water partition coefficient (Wildman–Crippen LogP) is 5.87. The largest absolute Gasteiger partial charge is 0.491 e. The molecule has 0 radical (unpaired) electrons. The highest BCUT2D eigenvalue weighted by Crippen LogP contribution is 2.13. The Bertz CT molecular complexity index is 832. The maximum Gasteiger partial charge on any atom is 0.119 e. The van der Waals surface area contributed by atoms with E-state index in [4.69, 9.17) is 18.9 Å². The van der Waals surface area contributed by atoms with Gasteiger partial charge < -0.3 is 24.3 Å². The predicted molar refractivity (Wildman–Crippen MR) is 146 cm³/mol. The normalized spacial score (nSPS) is 11.7. The first-order chi connectivity index (χ1) is 16.3. The Morgan fingerprint density at radius 3 is 1.64 bits per heavy atom. The lowest BCUT2D eigenvalue weighted by molar-refractivity contribution is 0.0120. The minimum absolute atomic E-state index is 0.515. The van der Waals surface area contributed by atoms with Gasteiger partial charge in [0.05, 0.1) is 39.6 Å². The summed E-state index contributed by atoms with van der Waals surface area (Å²) < 4.78 is 23.0. The number of halogens is 1. The van der Waals surface area contributed by atoms with Crippen LogP contribution in [0.1, 0.15) is 11.1 Å². The molecular weight excluding hydrogens is 533 g/mol. The zero-order chi connectivity index (χ0) is 23.4. The molecule has 2 aromatic rings. The second-order valence-corrected chi connectivity index (χ2v) is 8.00. The number of alkyl halides is 1. The van der Waals surface area contributed by atoms with Crippen LogP contribution in [0.3, 0.4) is 0 Å². The number of rotatable bonds is 17. The summed E-state index contributed by atoms with van der Waals surface area (Å²) in [6.45, 7) is 4.20. The quantitative estimate of drug-likeness (QED) is 0.112. The molecule has 0 amide bonds. The SMILES string of the molecule is CNc1ccc(/C=C/C=C/C=C/c2ccc(OCCOCCOCCOCC[131I])cc2)cc1. The average molecular weight is 567 g/mol. The number of ether oxygens (including phenoxy) is 4. The lowest BCUT2D eigenvalue weighted by Gasteiger charge is -2.08. The van der Waals surface area contributed by atoms with Gasteiger partial charge in [-0.2, -0.15) is 0 Å². The fourth-order valence-electron chi connectivity index (χ4n) is 2.71. The van der Waals surface area contributed by atoms with E-state index in [0.29, 0.717) is 39.6 Å². The van der Waals surface area contributed by atoms with E-state index in [2.05, 4.69) is 64.3 Å². The van der Waals surface area contributed by atoms with Crippen LogP contribution in [0, 0.1) is 0 Å². The molecular formula is C27H34INO4. The van der Waals surface area contributed by atoms with Crippen molar-refractivity contribution in [3.63, 3.8) is 0 Å². The summed E-state index contributed by atoms with van der Waals surface area (Å²) >= 11 is 2.29. The average Bonchev–Trinajstić information content (AvgIpc) is 2.86. The molecule has 2 rings (SSSR count). The topological polar surface area (TPSA) is 49.0 Å². The van der Waals surface area contributed by atoms with Crippen molar-refractivity contribution in [1.82, 2.24) is 0 Å². The molecule has 0 unspecified atom stereocenters. The molecule has 0 bridgehead atoms. The minimum Gasteiger partial charge on any atom is -0.491 e. The summed E-state index contributed by atoms with van der Waals surface area (Å²) in [5, 5.41) is 3.12. The number of hydrogen-bond donors (Lipinski definition) is 1. The number of nitrogens with one attached hydrogen (secondary N) is 1. The highest BCUT2D eigenvalue weighted by atomic mass is 131. The summed E-state index contributed by atoms with van der Waals surface area (Å²) in [5.74, 6) is 0.835. The van der Waals surface area contributed by atoms with Gasteiger partial charge in [0.15, 0.2) is 0 Å². The van der Waals surface area contributed by atoms with Gasteiger partial charge in [-0.3, -0.25) is 0 Å². The van der Waals surface area contributed by atoms with Gasteiger partial charge in [-0.15, -0.1) is 0 Å². The van der Waals surface area contributed by atoms with Crippen LogP contribution < -0.4 is 10.1 Å². The summed E-state index contributed by atoms with van der Waals surface area (Å²) in [7, 11) is 1.92. The molecule has 0 saturated heterocycles. The standard InChI is InChI=1S/C27H34INO4/c1-29-26-12-8-24(9-13-26)6-4-2-3-5-7-25-10-14-27(15-11-25)33-23-22-32-21-20-31-19-18-30-17-16-28/h2-15,29H,16-23H2,1H3/b3-2+,6-4+,7-5+/i28+4. The van der Waals surface area contributed by atoms with Crippen LogP contribution in [0.2, 0.25) is 0 Å². The third kappa shape index (κ3) is 13.2. The van der Waals surface area contributed by atoms with Gasteiger partial charge in [-0.1, -0.05) is 83.3 Å². The van der Waals surface area contributed by atoms with Crippen molar-refractivity contribution in [2.24, 2.45) is 0 Å². The summed E-state index contributed by atoms with van der Waals surface area (Å²) in [5.41, 5.74) is 3.40. The monoisotopic (exact) mass is 567 g/mol. The smallest absolute Gasteiger partial charge is 0.119 e. The van der Waals surface area contributed by atoms with Crippen molar-refractivity contribution in [3.05, 3.63) is 84.0 Å². The van der Waals surface area contributed by atoms with Crippen LogP contribution in [-0.2, 0) is 14.2 Å². The van der Waals surface area contributed by atoms with Gasteiger partial charge in [0.25, 0.3) is 0 Å². The van der Waals surface area contributed by atoms with E-state index in [1.54, 1.807) is 0 Å². The lowest BCUT2D eigenvalue weighted by atomic mass is 10.2. The molecule has 0 aliphatic rings. The third-order valence-electron chi connectivity index (χ3n) is 4.45. The van der Waals surface area contributed by atoms with Gasteiger partial charge in [0.1, 0.15) is 12.4 Å². The van der Waals surface area contributed by atoms with E-state index in [1.165, 1.54) is 5.56 Å². The third-order valence-corrected chi connectivity index (χ3v) is 4.89. The number of benzene rings is 2. The van der Waals surface area contributed by atoms with E-state index in [9.17, 15) is 0 Å². The van der Waals surface area contributed by atoms with Gasteiger partial charge in [0, 0.05) is 17.2 Å². The maximum atomic E-state index is 5.71. The number of allylic oxidation sites excluding steroid dienone is 4. The highest BCUT2D eigenvalue weighted by Gasteiger charge is 1.95. The van der Waals surface area contributed by atoms with Crippen LogP contribution in [-0.4, -0.2) is 57.7 Å². The van der Waals surface area contributed by atoms with Gasteiger partial charge in [-0.05, 0) is 35.4 Å². The number of anilines is 1. The van der Waals surface area contributed by atoms with Crippen molar-refractivity contribution in [2.75, 3.05) is 63.0 Å². The summed E-state index contributed by atoms with van der Waals surface area (Å²) in [6.07, 6.45) is 12.2. The Kier molecular flexibility index (Phi) is 15.0. The summed E-state index contributed by atoms with van der Waals surface area (Å²) in [6, 6.07) is 16.3. The second-order valence-electron chi connectivity index (χ2n) is 6.92. The fraction of sp³-hybridized carbons (Fsp3) is 0.333. The molecule has 0 aliphatic heterocycles. The first-order valence-electron chi connectivity index (χ1n) is 11.1. The molecule has 33 heavy (non-hydrogen) atoms. The van der Waals surface area contributed by atoms with E-state index >= 15 is 0 Å². The number of hydrogen-bond acceptors (Lipinski definition) is 5. The van der Waals surface area contributed by atoms with Crippen LogP contribution in [0.15, 0.2) is 72.8 Å². The molecule has 0 saturated carbocycles. The Labute approximate surface area is 211 Å². The molecule has 2 aromatic carbocycles. The van der Waals surface area contributed by atoms with Crippen LogP contribution >= 0.6 is 22.6 Å². The Morgan fingerprint density at radius 1 is 0.636 bits per heavy atom. The zero-order valence-corrected chi connectivity index (χ0v) is 21.4. The summed E-state index contributed by atoms with van der Waals surface area (Å²) in [4.78, 5) is 0. The Balaban J connectivity index is 1.55. The van der Waals surface area contributed by atoms with Crippen molar-refractivity contribution in [3.8, 4) is 5.75 Å². The molecule has 5 nitrogen and oxygen atoms in total. The maximum absolute atomic E-state index is 5.71.